The Kier molecular flexibility index (Phi) is 4.74. The van der Waals surface area contributed by atoms with E-state index in [2.05, 4.69) is 16.4 Å². The number of aryl methyl sites for hydroxylation is 2. The number of methoxy groups -OCH3 is 1. The van der Waals surface area contributed by atoms with Crippen LogP contribution in [-0.4, -0.2) is 25.2 Å². The molecule has 0 radical (unpaired) electrons. The van der Waals surface area contributed by atoms with Crippen LogP contribution >= 0.6 is 0 Å². The number of nitrogens with one attached hydrogen (secondary N) is 1. The number of anilines is 1. The maximum atomic E-state index is 9.04. The number of hydrogen-bond donors (Lipinski definition) is 1. The second kappa shape index (κ2) is 6.09. The minimum absolute atomic E-state index is 0.628. The Labute approximate surface area is 96.3 Å². The summed E-state index contributed by atoms with van der Waals surface area (Å²) < 4.78 is 4.96. The highest BCUT2D eigenvalue weighted by Crippen LogP contribution is 2.17. The van der Waals surface area contributed by atoms with Crippen molar-refractivity contribution >= 4 is 5.82 Å². The van der Waals surface area contributed by atoms with E-state index in [0.717, 1.165) is 24.2 Å². The highest BCUT2D eigenvalue weighted by molar-refractivity contribution is 5.56. The molecule has 0 aliphatic heterocycles. The van der Waals surface area contributed by atoms with E-state index in [0.29, 0.717) is 18.0 Å². The Morgan fingerprint density at radius 2 is 2.25 bits per heavy atom. The lowest BCUT2D eigenvalue weighted by molar-refractivity contribution is 0.197. The molecule has 0 fully saturated rings. The van der Waals surface area contributed by atoms with Crippen molar-refractivity contribution in [2.24, 2.45) is 0 Å². The van der Waals surface area contributed by atoms with Gasteiger partial charge < -0.3 is 10.1 Å². The maximum absolute atomic E-state index is 9.04. The quantitative estimate of drug-likeness (QED) is 0.770. The molecular formula is C12H17N3O. The molecule has 0 saturated carbocycles. The molecule has 1 aromatic rings. The number of ether oxygens (including phenoxy) is 1. The van der Waals surface area contributed by atoms with Gasteiger partial charge in [-0.15, -0.1) is 0 Å². The first-order valence-corrected chi connectivity index (χ1v) is 5.30. The average molecular weight is 219 g/mol. The number of pyridine rings is 1. The van der Waals surface area contributed by atoms with Crippen molar-refractivity contribution < 1.29 is 4.74 Å². The third kappa shape index (κ3) is 3.21. The van der Waals surface area contributed by atoms with Crippen molar-refractivity contribution in [3.05, 3.63) is 22.9 Å². The molecule has 86 valence electrons. The van der Waals surface area contributed by atoms with E-state index in [1.165, 1.54) is 0 Å². The molecule has 0 bridgehead atoms. The van der Waals surface area contributed by atoms with E-state index < -0.39 is 0 Å². The monoisotopic (exact) mass is 219 g/mol. The van der Waals surface area contributed by atoms with Crippen LogP contribution in [-0.2, 0) is 4.74 Å². The van der Waals surface area contributed by atoms with Crippen LogP contribution < -0.4 is 5.32 Å². The molecule has 4 nitrogen and oxygen atoms in total. The van der Waals surface area contributed by atoms with E-state index >= 15 is 0 Å². The average Bonchev–Trinajstić information content (AvgIpc) is 2.24. The highest BCUT2D eigenvalue weighted by atomic mass is 16.5. The molecule has 1 aromatic heterocycles. The fraction of sp³-hybridized carbons (Fsp3) is 0.500. The summed E-state index contributed by atoms with van der Waals surface area (Å²) in [4.78, 5) is 4.33. The smallest absolute Gasteiger partial charge is 0.144 e. The Balaban J connectivity index is 2.75. The molecule has 0 unspecified atom stereocenters. The van der Waals surface area contributed by atoms with Gasteiger partial charge >= 0.3 is 0 Å². The van der Waals surface area contributed by atoms with Crippen molar-refractivity contribution in [2.75, 3.05) is 25.6 Å². The van der Waals surface area contributed by atoms with Crippen LogP contribution in [0.2, 0.25) is 0 Å². The lowest BCUT2D eigenvalue weighted by Gasteiger charge is -2.09. The second-order valence-electron chi connectivity index (χ2n) is 3.69. The summed E-state index contributed by atoms with van der Waals surface area (Å²) in [5, 5.41) is 12.2. The summed E-state index contributed by atoms with van der Waals surface area (Å²) in [7, 11) is 1.68. The molecular weight excluding hydrogens is 202 g/mol. The molecule has 0 spiro atoms. The predicted octanol–water partition coefficient (Wildman–Crippen LogP) is 2.02. The van der Waals surface area contributed by atoms with Crippen LogP contribution in [0.5, 0.6) is 0 Å². The first kappa shape index (κ1) is 12.5. The first-order valence-electron chi connectivity index (χ1n) is 5.30. The number of nitriles is 1. The predicted molar refractivity (Wildman–Crippen MR) is 63.4 cm³/mol. The van der Waals surface area contributed by atoms with Crippen molar-refractivity contribution in [2.45, 2.75) is 20.3 Å². The minimum atomic E-state index is 0.628. The lowest BCUT2D eigenvalue weighted by atomic mass is 10.1. The van der Waals surface area contributed by atoms with Gasteiger partial charge in [-0.05, 0) is 31.9 Å². The number of hydrogen-bond acceptors (Lipinski definition) is 4. The molecule has 1 rings (SSSR count). The number of aromatic nitrogens is 1. The zero-order chi connectivity index (χ0) is 12.0. The van der Waals surface area contributed by atoms with Gasteiger partial charge in [0, 0.05) is 26.0 Å². The zero-order valence-corrected chi connectivity index (χ0v) is 10.0. The van der Waals surface area contributed by atoms with Crippen LogP contribution in [0.4, 0.5) is 5.82 Å². The van der Waals surface area contributed by atoms with Gasteiger partial charge in [0.15, 0.2) is 0 Å². The molecule has 0 aromatic carbocycles. The second-order valence-corrected chi connectivity index (χ2v) is 3.69. The van der Waals surface area contributed by atoms with Crippen molar-refractivity contribution in [3.8, 4) is 6.07 Å². The Morgan fingerprint density at radius 1 is 1.50 bits per heavy atom. The summed E-state index contributed by atoms with van der Waals surface area (Å²) in [5.74, 6) is 0.677. The first-order chi connectivity index (χ1) is 7.69. The fourth-order valence-electron chi connectivity index (χ4n) is 1.53. The summed E-state index contributed by atoms with van der Waals surface area (Å²) in [6.07, 6.45) is 0.899. The summed E-state index contributed by atoms with van der Waals surface area (Å²) in [6, 6.07) is 4.09. The van der Waals surface area contributed by atoms with E-state index in [4.69, 9.17) is 10.00 Å². The summed E-state index contributed by atoms with van der Waals surface area (Å²) in [5.41, 5.74) is 2.51. The van der Waals surface area contributed by atoms with E-state index in [1.54, 1.807) is 7.11 Å². The van der Waals surface area contributed by atoms with Crippen LogP contribution in [0.15, 0.2) is 6.07 Å². The van der Waals surface area contributed by atoms with Crippen LogP contribution in [0.1, 0.15) is 23.2 Å². The summed E-state index contributed by atoms with van der Waals surface area (Å²) in [6.45, 7) is 5.32. The normalized spacial score (nSPS) is 9.88. The third-order valence-electron chi connectivity index (χ3n) is 2.27. The summed E-state index contributed by atoms with van der Waals surface area (Å²) >= 11 is 0. The Hall–Kier alpha value is -1.60. The van der Waals surface area contributed by atoms with Gasteiger partial charge in [0.2, 0.25) is 0 Å². The standard InChI is InChI=1S/C12H17N3O/c1-9-7-10(2)15-12(11(9)8-13)14-5-4-6-16-3/h7H,4-6H2,1-3H3,(H,14,15). The van der Waals surface area contributed by atoms with Crippen molar-refractivity contribution in [3.63, 3.8) is 0 Å². The van der Waals surface area contributed by atoms with E-state index in [1.807, 2.05) is 19.9 Å². The number of nitrogens with zero attached hydrogens (tertiary/aromatic N) is 2. The molecule has 4 heteroatoms. The van der Waals surface area contributed by atoms with Crippen molar-refractivity contribution in [1.82, 2.24) is 4.98 Å². The van der Waals surface area contributed by atoms with Crippen LogP contribution in [0, 0.1) is 25.2 Å². The van der Waals surface area contributed by atoms with Crippen LogP contribution in [0.25, 0.3) is 0 Å². The maximum Gasteiger partial charge on any atom is 0.144 e. The van der Waals surface area contributed by atoms with Gasteiger partial charge in [0.05, 0.1) is 5.56 Å². The fourth-order valence-corrected chi connectivity index (χ4v) is 1.53. The molecule has 16 heavy (non-hydrogen) atoms. The molecule has 0 saturated heterocycles. The molecule has 0 amide bonds. The largest absolute Gasteiger partial charge is 0.385 e. The van der Waals surface area contributed by atoms with Crippen LogP contribution in [0.3, 0.4) is 0 Å². The Morgan fingerprint density at radius 3 is 2.88 bits per heavy atom. The molecule has 0 aliphatic rings. The third-order valence-corrected chi connectivity index (χ3v) is 2.27. The van der Waals surface area contributed by atoms with Gasteiger partial charge in [-0.25, -0.2) is 4.98 Å². The molecule has 1 heterocycles. The molecule has 0 atom stereocenters. The van der Waals surface area contributed by atoms with Gasteiger partial charge in [-0.1, -0.05) is 0 Å². The topological polar surface area (TPSA) is 57.9 Å². The SMILES string of the molecule is COCCCNc1nc(C)cc(C)c1C#N. The molecule has 1 N–H and O–H groups in total. The van der Waals surface area contributed by atoms with Crippen molar-refractivity contribution in [1.29, 1.82) is 5.26 Å². The Bertz CT molecular complexity index is 396. The van der Waals surface area contributed by atoms with E-state index in [9.17, 15) is 0 Å². The minimum Gasteiger partial charge on any atom is -0.385 e. The highest BCUT2D eigenvalue weighted by Gasteiger charge is 2.07. The molecule has 0 aliphatic carbocycles. The van der Waals surface area contributed by atoms with Gasteiger partial charge in [-0.2, -0.15) is 5.26 Å². The van der Waals surface area contributed by atoms with Gasteiger partial charge in [0.25, 0.3) is 0 Å². The van der Waals surface area contributed by atoms with Gasteiger partial charge in [0.1, 0.15) is 11.9 Å². The van der Waals surface area contributed by atoms with E-state index in [-0.39, 0.29) is 0 Å². The zero-order valence-electron chi connectivity index (χ0n) is 10.0. The van der Waals surface area contributed by atoms with Gasteiger partial charge in [-0.3, -0.25) is 0 Å². The lowest BCUT2D eigenvalue weighted by Crippen LogP contribution is -2.09. The number of rotatable bonds is 5.